The van der Waals surface area contributed by atoms with Crippen LogP contribution >= 0.6 is 23.2 Å². The van der Waals surface area contributed by atoms with Gasteiger partial charge in [0.2, 0.25) is 5.88 Å². The number of halogens is 2. The molecule has 0 N–H and O–H groups in total. The molecule has 4 nitrogen and oxygen atoms in total. The zero-order valence-corrected chi connectivity index (χ0v) is 6.63. The Morgan fingerprint density at radius 3 is 2.64 bits per heavy atom. The topological polar surface area (TPSA) is 52.1 Å². The van der Waals surface area contributed by atoms with Crippen molar-refractivity contribution >= 4 is 28.6 Å². The van der Waals surface area contributed by atoms with Gasteiger partial charge in [-0.05, 0) is 6.07 Å². The SMILES string of the molecule is O=C(Cl)Oc1ccc(Cl)nn1. The minimum Gasteiger partial charge on any atom is -0.394 e. The van der Waals surface area contributed by atoms with Crippen molar-refractivity contribution in [3.05, 3.63) is 17.3 Å². The monoisotopic (exact) mass is 192 g/mol. The summed E-state index contributed by atoms with van der Waals surface area (Å²) in [5.74, 6) is 0.0226. The lowest BCUT2D eigenvalue weighted by Gasteiger charge is -1.94. The molecule has 0 radical (unpaired) electrons. The second-order valence-electron chi connectivity index (χ2n) is 1.53. The van der Waals surface area contributed by atoms with Crippen LogP contribution in [0.3, 0.4) is 0 Å². The number of rotatable bonds is 1. The number of carbonyl (C=O) groups excluding carboxylic acids is 1. The van der Waals surface area contributed by atoms with Crippen LogP contribution in [0.1, 0.15) is 0 Å². The van der Waals surface area contributed by atoms with Gasteiger partial charge in [0.15, 0.2) is 5.15 Å². The molecule has 1 aromatic rings. The first-order valence-corrected chi connectivity index (χ1v) is 3.30. The average molecular weight is 193 g/mol. The standard InChI is InChI=1S/C5H2Cl2N2O2/c6-3-1-2-4(9-8-3)11-5(7)10/h1-2H. The van der Waals surface area contributed by atoms with E-state index in [-0.39, 0.29) is 11.0 Å². The Bertz CT molecular complexity index is 262. The Balaban J connectivity index is 2.74. The first-order chi connectivity index (χ1) is 5.18. The van der Waals surface area contributed by atoms with E-state index in [1.54, 1.807) is 0 Å². The fraction of sp³-hybridized carbons (Fsp3) is 0. The van der Waals surface area contributed by atoms with E-state index in [0.29, 0.717) is 0 Å². The van der Waals surface area contributed by atoms with Crippen molar-refractivity contribution in [2.75, 3.05) is 0 Å². The molecular weight excluding hydrogens is 191 g/mol. The molecular formula is C5H2Cl2N2O2. The van der Waals surface area contributed by atoms with Gasteiger partial charge in [-0.25, -0.2) is 4.79 Å². The summed E-state index contributed by atoms with van der Waals surface area (Å²) in [6, 6.07) is 2.82. The van der Waals surface area contributed by atoms with Gasteiger partial charge in [0.25, 0.3) is 0 Å². The summed E-state index contributed by atoms with van der Waals surface area (Å²) in [6.07, 6.45) is 0. The molecule has 0 aliphatic rings. The first-order valence-electron chi connectivity index (χ1n) is 2.55. The second kappa shape index (κ2) is 3.50. The van der Waals surface area contributed by atoms with Crippen molar-refractivity contribution in [2.24, 2.45) is 0 Å². The molecule has 58 valence electrons. The Morgan fingerprint density at radius 1 is 1.45 bits per heavy atom. The molecule has 0 aliphatic heterocycles. The largest absolute Gasteiger partial charge is 0.410 e. The lowest BCUT2D eigenvalue weighted by atomic mass is 10.6. The van der Waals surface area contributed by atoms with E-state index in [1.165, 1.54) is 12.1 Å². The molecule has 0 saturated carbocycles. The van der Waals surface area contributed by atoms with Crippen LogP contribution < -0.4 is 4.74 Å². The minimum absolute atomic E-state index is 0.0226. The van der Waals surface area contributed by atoms with E-state index in [1.807, 2.05) is 0 Å². The quantitative estimate of drug-likeness (QED) is 0.638. The molecule has 0 unspecified atom stereocenters. The number of aromatic nitrogens is 2. The van der Waals surface area contributed by atoms with Gasteiger partial charge in [-0.15, -0.1) is 10.2 Å². The first kappa shape index (κ1) is 8.23. The van der Waals surface area contributed by atoms with Crippen molar-refractivity contribution in [3.8, 4) is 5.88 Å². The second-order valence-corrected chi connectivity index (χ2v) is 2.23. The van der Waals surface area contributed by atoms with Gasteiger partial charge < -0.3 is 4.74 Å². The Morgan fingerprint density at radius 2 is 2.18 bits per heavy atom. The van der Waals surface area contributed by atoms with Crippen molar-refractivity contribution in [1.82, 2.24) is 10.2 Å². The van der Waals surface area contributed by atoms with E-state index in [0.717, 1.165) is 0 Å². The van der Waals surface area contributed by atoms with Crippen LogP contribution in [0.5, 0.6) is 5.88 Å². The lowest BCUT2D eigenvalue weighted by molar-refractivity contribution is 0.223. The summed E-state index contributed by atoms with van der Waals surface area (Å²) < 4.78 is 4.36. The van der Waals surface area contributed by atoms with Gasteiger partial charge in [-0.1, -0.05) is 11.6 Å². The van der Waals surface area contributed by atoms with Crippen LogP contribution in [0.2, 0.25) is 5.15 Å². The molecule has 0 bridgehead atoms. The molecule has 0 aliphatic carbocycles. The summed E-state index contributed by atoms with van der Waals surface area (Å²) in [7, 11) is 0. The van der Waals surface area contributed by atoms with E-state index < -0.39 is 5.43 Å². The highest BCUT2D eigenvalue weighted by Gasteiger charge is 2.00. The van der Waals surface area contributed by atoms with Crippen molar-refractivity contribution in [1.29, 1.82) is 0 Å². The normalized spacial score (nSPS) is 9.27. The summed E-state index contributed by atoms with van der Waals surface area (Å²) in [6.45, 7) is 0. The molecule has 1 heterocycles. The van der Waals surface area contributed by atoms with Gasteiger partial charge in [0, 0.05) is 17.7 Å². The Labute approximate surface area is 72.1 Å². The third-order valence-corrected chi connectivity index (χ3v) is 1.07. The molecule has 0 fully saturated rings. The minimum atomic E-state index is -0.957. The molecule has 0 spiro atoms. The number of hydrogen-bond acceptors (Lipinski definition) is 4. The van der Waals surface area contributed by atoms with E-state index >= 15 is 0 Å². The fourth-order valence-corrected chi connectivity index (χ4v) is 0.620. The van der Waals surface area contributed by atoms with Crippen LogP contribution in [-0.4, -0.2) is 15.6 Å². The number of carbonyl (C=O) groups is 1. The maximum Gasteiger partial charge on any atom is 0.410 e. The molecule has 0 saturated heterocycles. The van der Waals surface area contributed by atoms with Gasteiger partial charge in [0.05, 0.1) is 0 Å². The highest BCUT2D eigenvalue weighted by atomic mass is 35.5. The van der Waals surface area contributed by atoms with Crippen molar-refractivity contribution < 1.29 is 9.53 Å². The van der Waals surface area contributed by atoms with E-state index in [4.69, 9.17) is 23.2 Å². The Hall–Kier alpha value is -0.870. The molecule has 0 atom stereocenters. The number of ether oxygens (including phenoxy) is 1. The van der Waals surface area contributed by atoms with Gasteiger partial charge >= 0.3 is 5.43 Å². The van der Waals surface area contributed by atoms with Gasteiger partial charge in [-0.2, -0.15) is 0 Å². The molecule has 1 aromatic heterocycles. The van der Waals surface area contributed by atoms with Crippen LogP contribution in [0.25, 0.3) is 0 Å². The predicted octanol–water partition coefficient (Wildman–Crippen LogP) is 1.87. The van der Waals surface area contributed by atoms with Crippen LogP contribution in [-0.2, 0) is 0 Å². The summed E-state index contributed by atoms with van der Waals surface area (Å²) >= 11 is 10.3. The Kier molecular flexibility index (Phi) is 2.62. The van der Waals surface area contributed by atoms with Gasteiger partial charge in [-0.3, -0.25) is 0 Å². The highest BCUT2D eigenvalue weighted by molar-refractivity contribution is 6.61. The number of hydrogen-bond donors (Lipinski definition) is 0. The van der Waals surface area contributed by atoms with Crippen LogP contribution in [0.15, 0.2) is 12.1 Å². The average Bonchev–Trinajstić information content (AvgIpc) is 1.93. The molecule has 11 heavy (non-hydrogen) atoms. The third-order valence-electron chi connectivity index (χ3n) is 0.792. The van der Waals surface area contributed by atoms with Crippen LogP contribution in [0.4, 0.5) is 4.79 Å². The molecule has 6 heteroatoms. The van der Waals surface area contributed by atoms with Crippen molar-refractivity contribution in [2.45, 2.75) is 0 Å². The smallest absolute Gasteiger partial charge is 0.394 e. The predicted molar refractivity (Wildman–Crippen MR) is 38.9 cm³/mol. The van der Waals surface area contributed by atoms with Crippen LogP contribution in [0, 0.1) is 0 Å². The van der Waals surface area contributed by atoms with E-state index in [2.05, 4.69) is 14.9 Å². The summed E-state index contributed by atoms with van der Waals surface area (Å²) in [5, 5.41) is 7.04. The third kappa shape index (κ3) is 2.69. The van der Waals surface area contributed by atoms with E-state index in [9.17, 15) is 4.79 Å². The van der Waals surface area contributed by atoms with Crippen molar-refractivity contribution in [3.63, 3.8) is 0 Å². The zero-order chi connectivity index (χ0) is 8.27. The molecule has 1 rings (SSSR count). The van der Waals surface area contributed by atoms with Gasteiger partial charge in [0.1, 0.15) is 0 Å². The maximum atomic E-state index is 10.1. The lowest BCUT2D eigenvalue weighted by Crippen LogP contribution is -1.98. The number of nitrogens with zero attached hydrogens (tertiary/aromatic N) is 2. The summed E-state index contributed by atoms with van der Waals surface area (Å²) in [4.78, 5) is 10.1. The maximum absolute atomic E-state index is 10.1. The highest BCUT2D eigenvalue weighted by Crippen LogP contribution is 2.08. The summed E-state index contributed by atoms with van der Waals surface area (Å²) in [5.41, 5.74) is -0.957. The zero-order valence-electron chi connectivity index (χ0n) is 5.12. The fourth-order valence-electron chi connectivity index (χ4n) is 0.440. The molecule has 0 amide bonds. The molecule has 0 aromatic carbocycles.